The van der Waals surface area contributed by atoms with E-state index >= 15 is 0 Å². The van der Waals surface area contributed by atoms with Crippen molar-refractivity contribution in [1.29, 1.82) is 0 Å². The second-order valence-electron chi connectivity index (χ2n) is 8.87. The molecule has 2 aromatic rings. The number of anilines is 1. The lowest BCUT2D eigenvalue weighted by Crippen LogP contribution is -2.56. The van der Waals surface area contributed by atoms with Crippen molar-refractivity contribution in [2.75, 3.05) is 58.1 Å². The van der Waals surface area contributed by atoms with Crippen molar-refractivity contribution in [3.05, 3.63) is 71.3 Å². The minimum Gasteiger partial charge on any atom is -0.375 e. The number of rotatable bonds is 11. The van der Waals surface area contributed by atoms with Gasteiger partial charge in [0, 0.05) is 51.1 Å². The first-order valence-corrected chi connectivity index (χ1v) is 12.2. The molecule has 0 radical (unpaired) electrons. The minimum atomic E-state index is -5.77. The summed E-state index contributed by atoms with van der Waals surface area (Å²) < 4.78 is 98.4. The van der Waals surface area contributed by atoms with E-state index in [1.54, 1.807) is 13.0 Å². The molecule has 38 heavy (non-hydrogen) atoms. The van der Waals surface area contributed by atoms with E-state index < -0.39 is 30.3 Å². The van der Waals surface area contributed by atoms with Gasteiger partial charge in [0.05, 0.1) is 13.2 Å². The zero-order valence-corrected chi connectivity index (χ0v) is 21.3. The number of methoxy groups -OCH3 is 1. The van der Waals surface area contributed by atoms with Gasteiger partial charge in [0.25, 0.3) is 5.60 Å². The van der Waals surface area contributed by atoms with Crippen molar-refractivity contribution >= 4 is 11.8 Å². The fourth-order valence-electron chi connectivity index (χ4n) is 4.43. The van der Waals surface area contributed by atoms with E-state index in [1.165, 1.54) is 12.1 Å². The lowest BCUT2D eigenvalue weighted by Gasteiger charge is -2.39. The van der Waals surface area contributed by atoms with E-state index in [-0.39, 0.29) is 5.56 Å². The van der Waals surface area contributed by atoms with Crippen molar-refractivity contribution in [3.63, 3.8) is 0 Å². The highest BCUT2D eigenvalue weighted by molar-refractivity contribution is 5.69. The number of hydrogen-bond donors (Lipinski definition) is 0. The Balaban J connectivity index is 1.73. The molecule has 5 nitrogen and oxygen atoms in total. The Kier molecular flexibility index (Phi) is 10.2. The normalized spacial score (nSPS) is 15.9. The van der Waals surface area contributed by atoms with Gasteiger partial charge in [0.15, 0.2) is 0 Å². The van der Waals surface area contributed by atoms with Crippen LogP contribution in [0.25, 0.3) is 6.08 Å². The predicted molar refractivity (Wildman–Crippen MR) is 133 cm³/mol. The molecule has 0 aliphatic carbocycles. The summed E-state index contributed by atoms with van der Waals surface area (Å²) in [4.78, 5) is 4.17. The molecule has 0 atom stereocenters. The summed E-state index contributed by atoms with van der Waals surface area (Å²) >= 11 is 0. The minimum absolute atomic E-state index is 0.239. The Morgan fingerprint density at radius 2 is 1.55 bits per heavy atom. The molecule has 0 spiro atoms. The quantitative estimate of drug-likeness (QED) is 0.196. The zero-order valence-electron chi connectivity index (χ0n) is 21.3. The number of alkyl halides is 6. The highest BCUT2D eigenvalue weighted by Gasteiger charge is 2.73. The second kappa shape index (κ2) is 13.0. The molecule has 1 saturated heterocycles. The van der Waals surface area contributed by atoms with Gasteiger partial charge in [0.1, 0.15) is 6.79 Å². The van der Waals surface area contributed by atoms with Gasteiger partial charge in [-0.1, -0.05) is 48.6 Å². The van der Waals surface area contributed by atoms with E-state index in [4.69, 9.17) is 4.74 Å². The molecule has 0 saturated carbocycles. The summed E-state index contributed by atoms with van der Waals surface area (Å²) in [6.45, 7) is 4.73. The smallest absolute Gasteiger partial charge is 0.375 e. The fraction of sp³-hybridized carbons (Fsp3) is 0.481. The maximum Gasteiger partial charge on any atom is 0.430 e. The standard InChI is InChI=1S/C27H32F6N2O3/c1-3-7-22-18-23(25(26(28,29)30,27(31,32)33)38-20-36-2)10-11-24(22)35-14-12-34(13-15-35)16-17-37-19-21-8-5-4-6-9-21/h3-11,18H,12-17,19-20H2,1-2H3. The van der Waals surface area contributed by atoms with Crippen LogP contribution in [0, 0.1) is 0 Å². The van der Waals surface area contributed by atoms with Crippen molar-refractivity contribution in [3.8, 4) is 0 Å². The van der Waals surface area contributed by atoms with Gasteiger partial charge in [0.2, 0.25) is 0 Å². The molecule has 210 valence electrons. The molecule has 3 rings (SSSR count). The van der Waals surface area contributed by atoms with Crippen LogP contribution in [-0.2, 0) is 26.4 Å². The zero-order chi connectivity index (χ0) is 27.8. The van der Waals surface area contributed by atoms with Crippen molar-refractivity contribution in [1.82, 2.24) is 4.90 Å². The monoisotopic (exact) mass is 546 g/mol. The third-order valence-electron chi connectivity index (χ3n) is 6.35. The number of nitrogens with zero attached hydrogens (tertiary/aromatic N) is 2. The molecule has 0 N–H and O–H groups in total. The van der Waals surface area contributed by atoms with Crippen molar-refractivity contribution < 1.29 is 40.6 Å². The van der Waals surface area contributed by atoms with E-state index in [0.29, 0.717) is 45.1 Å². The molecule has 0 aromatic heterocycles. The molecule has 0 bridgehead atoms. The molecule has 1 aliphatic rings. The molecule has 11 heteroatoms. The van der Waals surface area contributed by atoms with E-state index in [9.17, 15) is 26.3 Å². The van der Waals surface area contributed by atoms with E-state index in [1.807, 2.05) is 35.2 Å². The van der Waals surface area contributed by atoms with Crippen LogP contribution in [0.4, 0.5) is 32.0 Å². The van der Waals surface area contributed by atoms with Gasteiger partial charge < -0.3 is 19.1 Å². The number of halogens is 6. The van der Waals surface area contributed by atoms with Crippen LogP contribution in [-0.4, -0.2) is 70.5 Å². The number of ether oxygens (including phenoxy) is 3. The summed E-state index contributed by atoms with van der Waals surface area (Å²) in [6.07, 6.45) is -8.47. The van der Waals surface area contributed by atoms with Crippen molar-refractivity contribution in [2.24, 2.45) is 0 Å². The molecule has 0 amide bonds. The first-order chi connectivity index (χ1) is 18.0. The van der Waals surface area contributed by atoms with Crippen LogP contribution >= 0.6 is 0 Å². The average Bonchev–Trinajstić information content (AvgIpc) is 2.87. The summed E-state index contributed by atoms with van der Waals surface area (Å²) in [5.74, 6) is 0. The number of allylic oxidation sites excluding steroid dienone is 1. The van der Waals surface area contributed by atoms with Crippen LogP contribution in [0.3, 0.4) is 0 Å². The second-order valence-corrected chi connectivity index (χ2v) is 8.87. The van der Waals surface area contributed by atoms with Crippen LogP contribution in [0.2, 0.25) is 0 Å². The summed E-state index contributed by atoms with van der Waals surface area (Å²) in [6, 6.07) is 12.9. The van der Waals surface area contributed by atoms with E-state index in [0.717, 1.165) is 31.4 Å². The Morgan fingerprint density at radius 1 is 0.895 bits per heavy atom. The molecule has 0 unspecified atom stereocenters. The molecule has 1 aliphatic heterocycles. The van der Waals surface area contributed by atoms with Gasteiger partial charge in [-0.2, -0.15) is 26.3 Å². The highest BCUT2D eigenvalue weighted by Crippen LogP contribution is 2.53. The van der Waals surface area contributed by atoms with Gasteiger partial charge >= 0.3 is 12.4 Å². The first-order valence-electron chi connectivity index (χ1n) is 12.2. The Morgan fingerprint density at radius 3 is 2.13 bits per heavy atom. The maximum atomic E-state index is 14.0. The highest BCUT2D eigenvalue weighted by atomic mass is 19.4. The van der Waals surface area contributed by atoms with Crippen LogP contribution < -0.4 is 4.90 Å². The Hall–Kier alpha value is -2.60. The van der Waals surface area contributed by atoms with Crippen LogP contribution in [0.15, 0.2) is 54.6 Å². The third-order valence-corrected chi connectivity index (χ3v) is 6.35. The summed E-state index contributed by atoms with van der Waals surface area (Å²) in [5, 5.41) is 0. The Labute approximate surface area is 218 Å². The predicted octanol–water partition coefficient (Wildman–Crippen LogP) is 6.00. The van der Waals surface area contributed by atoms with Crippen molar-refractivity contribution in [2.45, 2.75) is 31.5 Å². The average molecular weight is 547 g/mol. The summed E-state index contributed by atoms with van der Waals surface area (Å²) in [7, 11) is 0.959. The maximum absolute atomic E-state index is 14.0. The largest absolute Gasteiger partial charge is 0.430 e. The molecule has 1 heterocycles. The van der Waals surface area contributed by atoms with Crippen LogP contribution in [0.1, 0.15) is 23.6 Å². The number of hydrogen-bond acceptors (Lipinski definition) is 5. The van der Waals surface area contributed by atoms with Crippen LogP contribution in [0.5, 0.6) is 0 Å². The molecular weight excluding hydrogens is 514 g/mol. The van der Waals surface area contributed by atoms with Gasteiger partial charge in [-0.15, -0.1) is 0 Å². The lowest BCUT2D eigenvalue weighted by atomic mass is 9.89. The molecular formula is C27H32F6N2O3. The van der Waals surface area contributed by atoms with Gasteiger partial charge in [-0.25, -0.2) is 0 Å². The van der Waals surface area contributed by atoms with Gasteiger partial charge in [-0.05, 0) is 30.2 Å². The topological polar surface area (TPSA) is 34.2 Å². The Bertz CT molecular complexity index is 1020. The molecule has 2 aromatic carbocycles. The van der Waals surface area contributed by atoms with E-state index in [2.05, 4.69) is 14.4 Å². The number of piperazine rings is 1. The molecule has 1 fully saturated rings. The third kappa shape index (κ3) is 6.88. The lowest BCUT2D eigenvalue weighted by molar-refractivity contribution is -0.400. The number of benzene rings is 2. The SMILES string of the molecule is CC=Cc1cc(C(OCOC)(C(F)(F)F)C(F)(F)F)ccc1N1CCN(CCOCc2ccccc2)CC1. The first kappa shape index (κ1) is 29.9. The van der Waals surface area contributed by atoms with Gasteiger partial charge in [-0.3, -0.25) is 4.90 Å². The fourth-order valence-corrected chi connectivity index (χ4v) is 4.43. The summed E-state index contributed by atoms with van der Waals surface area (Å²) in [5.41, 5.74) is -3.70.